The smallest absolute Gasteiger partial charge is 0.303 e. The van der Waals surface area contributed by atoms with Crippen molar-refractivity contribution < 1.29 is 19.4 Å². The molecule has 0 aromatic heterocycles. The van der Waals surface area contributed by atoms with Crippen LogP contribution in [0.15, 0.2) is 47.5 Å². The van der Waals surface area contributed by atoms with Gasteiger partial charge in [-0.3, -0.25) is 14.6 Å². The van der Waals surface area contributed by atoms with Gasteiger partial charge in [0.1, 0.15) is 5.78 Å². The van der Waals surface area contributed by atoms with Crippen LogP contribution in [0.3, 0.4) is 0 Å². The van der Waals surface area contributed by atoms with Crippen LogP contribution in [-0.4, -0.2) is 41.8 Å². The second-order valence-corrected chi connectivity index (χ2v) is 8.06. The molecule has 4 atom stereocenters. The first-order valence-corrected chi connectivity index (χ1v) is 10.7. The summed E-state index contributed by atoms with van der Waals surface area (Å²) in [7, 11) is 0. The van der Waals surface area contributed by atoms with Gasteiger partial charge in [-0.05, 0) is 43.6 Å². The molecular weight excluding hydrogens is 366 g/mol. The minimum Gasteiger partial charge on any atom is -0.481 e. The highest BCUT2D eigenvalue weighted by atomic mass is 16.5. The van der Waals surface area contributed by atoms with E-state index in [2.05, 4.69) is 17.1 Å². The Labute approximate surface area is 172 Å². The first kappa shape index (κ1) is 21.4. The van der Waals surface area contributed by atoms with Crippen LogP contribution in [0.1, 0.15) is 50.5 Å². The lowest BCUT2D eigenvalue weighted by Gasteiger charge is -2.25. The summed E-state index contributed by atoms with van der Waals surface area (Å²) in [5.74, 6) is 0.338. The number of unbranched alkanes of at least 4 members (excludes halogenated alkanes) is 1. The largest absolute Gasteiger partial charge is 0.481 e. The number of ether oxygens (including phenoxy) is 1. The first-order chi connectivity index (χ1) is 14.1. The molecule has 2 fully saturated rings. The second kappa shape index (κ2) is 11.1. The minimum absolute atomic E-state index is 0.185. The molecule has 1 aromatic rings. The third-order valence-corrected chi connectivity index (χ3v) is 5.94. The van der Waals surface area contributed by atoms with E-state index in [1.807, 2.05) is 30.3 Å². The number of Topliss-reactive ketones (excluding diaryl/α,β-unsaturated/α-hetero) is 1. The van der Waals surface area contributed by atoms with Crippen molar-refractivity contribution in [3.05, 3.63) is 48.0 Å². The zero-order chi connectivity index (χ0) is 20.5. The van der Waals surface area contributed by atoms with Crippen LogP contribution in [0.5, 0.6) is 0 Å². The predicted octanol–water partition coefficient (Wildman–Crippen LogP) is 4.25. The van der Waals surface area contributed by atoms with Crippen LogP contribution in [0.25, 0.3) is 0 Å². The number of carboxylic acids is 1. The maximum Gasteiger partial charge on any atom is 0.303 e. The molecule has 2 saturated heterocycles. The monoisotopic (exact) mass is 397 g/mol. The van der Waals surface area contributed by atoms with Crippen molar-refractivity contribution in [1.82, 2.24) is 0 Å². The van der Waals surface area contributed by atoms with Gasteiger partial charge in [0.05, 0.1) is 12.2 Å². The summed E-state index contributed by atoms with van der Waals surface area (Å²) in [6.07, 6.45) is 12.4. The molecule has 1 N–H and O–H groups in total. The van der Waals surface area contributed by atoms with Crippen LogP contribution in [0.2, 0.25) is 0 Å². The van der Waals surface area contributed by atoms with Gasteiger partial charge in [0.15, 0.2) is 0 Å². The number of rotatable bonds is 12. The molecule has 0 spiro atoms. The Morgan fingerprint density at radius 3 is 2.62 bits per heavy atom. The number of allylic oxidation sites excluding steroid dienone is 2. The van der Waals surface area contributed by atoms with E-state index in [9.17, 15) is 9.59 Å². The van der Waals surface area contributed by atoms with E-state index >= 15 is 0 Å². The fourth-order valence-electron chi connectivity index (χ4n) is 4.45. The average molecular weight is 398 g/mol. The molecule has 2 bridgehead atoms. The minimum atomic E-state index is -0.736. The summed E-state index contributed by atoms with van der Waals surface area (Å²) < 4.78 is 6.11. The summed E-state index contributed by atoms with van der Waals surface area (Å²) in [5.41, 5.74) is 1.04. The Morgan fingerprint density at radius 2 is 1.86 bits per heavy atom. The van der Waals surface area contributed by atoms with E-state index in [-0.39, 0.29) is 12.2 Å². The van der Waals surface area contributed by atoms with Crippen molar-refractivity contribution in [3.8, 4) is 0 Å². The quantitative estimate of drug-likeness (QED) is 0.325. The molecule has 5 nitrogen and oxygen atoms in total. The Morgan fingerprint density at radius 1 is 1.10 bits per heavy atom. The zero-order valence-corrected chi connectivity index (χ0v) is 16.9. The van der Waals surface area contributed by atoms with Crippen LogP contribution in [0.4, 0.5) is 0 Å². The molecule has 2 aliphatic heterocycles. The summed E-state index contributed by atoms with van der Waals surface area (Å²) in [6.45, 7) is 0.720. The van der Waals surface area contributed by atoms with Gasteiger partial charge < -0.3 is 9.84 Å². The number of benzene rings is 1. The molecule has 0 amide bonds. The number of carboxylic acid groups (broad SMARTS) is 1. The lowest BCUT2D eigenvalue weighted by Crippen LogP contribution is -2.29. The maximum absolute atomic E-state index is 12.1. The molecule has 0 aliphatic carbocycles. The third kappa shape index (κ3) is 6.64. The van der Waals surface area contributed by atoms with Crippen molar-refractivity contribution in [2.45, 2.75) is 63.6 Å². The number of carbonyl (C=O) groups excluding carboxylic acids is 1. The summed E-state index contributed by atoms with van der Waals surface area (Å²) in [6, 6.07) is 9.80. The number of ketones is 1. The molecule has 156 valence electrons. The van der Waals surface area contributed by atoms with Crippen LogP contribution in [0, 0.1) is 11.8 Å². The number of carbonyl (C=O) groups is 2. The number of hydrogen-bond acceptors (Lipinski definition) is 4. The lowest BCUT2D eigenvalue weighted by molar-refractivity contribution is -0.137. The third-order valence-electron chi connectivity index (χ3n) is 5.94. The molecule has 3 rings (SSSR count). The molecular formula is C24H31NO4. The van der Waals surface area contributed by atoms with E-state index < -0.39 is 5.97 Å². The summed E-state index contributed by atoms with van der Waals surface area (Å²) >= 11 is 0. The van der Waals surface area contributed by atoms with Crippen molar-refractivity contribution in [1.29, 1.82) is 0 Å². The van der Waals surface area contributed by atoms with Crippen molar-refractivity contribution in [2.75, 3.05) is 6.54 Å². The number of aliphatic carboxylic acids is 1. The van der Waals surface area contributed by atoms with E-state index in [0.717, 1.165) is 37.8 Å². The Bertz CT molecular complexity index is 728. The number of hydrogen-bond donors (Lipinski definition) is 1. The first-order valence-electron chi connectivity index (χ1n) is 10.7. The van der Waals surface area contributed by atoms with Crippen LogP contribution < -0.4 is 0 Å². The zero-order valence-electron chi connectivity index (χ0n) is 16.9. The molecule has 0 saturated carbocycles. The van der Waals surface area contributed by atoms with E-state index in [4.69, 9.17) is 9.84 Å². The van der Waals surface area contributed by atoms with Gasteiger partial charge in [0, 0.05) is 37.9 Å². The molecule has 2 aliphatic rings. The van der Waals surface area contributed by atoms with Crippen molar-refractivity contribution in [2.24, 2.45) is 16.8 Å². The highest BCUT2D eigenvalue weighted by Crippen LogP contribution is 2.45. The van der Waals surface area contributed by atoms with Crippen molar-refractivity contribution in [3.63, 3.8) is 0 Å². The van der Waals surface area contributed by atoms with E-state index in [1.165, 1.54) is 0 Å². The summed E-state index contributed by atoms with van der Waals surface area (Å²) in [4.78, 5) is 27.2. The number of fused-ring (bicyclic) bond motifs is 2. The van der Waals surface area contributed by atoms with Gasteiger partial charge in [0.2, 0.25) is 0 Å². The van der Waals surface area contributed by atoms with Gasteiger partial charge in [-0.15, -0.1) is 0 Å². The number of aliphatic imine (C=N–C) groups is 1. The molecule has 0 unspecified atom stereocenters. The second-order valence-electron chi connectivity index (χ2n) is 8.06. The lowest BCUT2D eigenvalue weighted by atomic mass is 9.77. The Kier molecular flexibility index (Phi) is 8.17. The van der Waals surface area contributed by atoms with Crippen molar-refractivity contribution >= 4 is 18.0 Å². The normalized spacial score (nSPS) is 25.9. The van der Waals surface area contributed by atoms with Gasteiger partial charge in [-0.25, -0.2) is 0 Å². The van der Waals surface area contributed by atoms with Crippen LogP contribution >= 0.6 is 0 Å². The number of nitrogens with zero attached hydrogens (tertiary/aromatic N) is 1. The Hall–Kier alpha value is -2.27. The average Bonchev–Trinajstić information content (AvgIpc) is 3.30. The van der Waals surface area contributed by atoms with Gasteiger partial charge in [-0.2, -0.15) is 0 Å². The van der Waals surface area contributed by atoms with Gasteiger partial charge in [0.25, 0.3) is 0 Å². The molecule has 5 heteroatoms. The maximum atomic E-state index is 12.1. The fourth-order valence-corrected chi connectivity index (χ4v) is 4.45. The van der Waals surface area contributed by atoms with Crippen LogP contribution in [-0.2, 0) is 20.7 Å². The summed E-state index contributed by atoms with van der Waals surface area (Å²) in [5, 5.41) is 8.68. The SMILES string of the molecule is O=C(O)CCCC=CC[C@@H]1[C@@H](CN=CCC(=O)Cc2ccccc2)[C@@H]2CC[C@H]1O2. The van der Waals surface area contributed by atoms with Gasteiger partial charge >= 0.3 is 5.97 Å². The predicted molar refractivity (Wildman–Crippen MR) is 113 cm³/mol. The standard InChI is InChI=1S/C24H31NO4/c26-19(16-18-8-4-3-5-9-18)14-15-25-17-21-20(22-12-13-23(21)29-22)10-6-1-2-7-11-24(27)28/h1,3-6,8-9,15,20-23H,2,7,10-14,16-17H2,(H,27,28)/t20-,21-,22-,23+/m1/s1. The Balaban J connectivity index is 1.41. The van der Waals surface area contributed by atoms with E-state index in [1.54, 1.807) is 6.21 Å². The highest BCUT2D eigenvalue weighted by molar-refractivity contribution is 5.92. The molecule has 1 aromatic carbocycles. The molecule has 0 radical (unpaired) electrons. The topological polar surface area (TPSA) is 76.0 Å². The molecule has 29 heavy (non-hydrogen) atoms. The molecule has 2 heterocycles. The van der Waals surface area contributed by atoms with Gasteiger partial charge in [-0.1, -0.05) is 42.5 Å². The fraction of sp³-hybridized carbons (Fsp3) is 0.542. The van der Waals surface area contributed by atoms with E-state index in [0.29, 0.717) is 43.3 Å². The highest BCUT2D eigenvalue weighted by Gasteiger charge is 2.47.